The Morgan fingerprint density at radius 3 is 3.00 bits per heavy atom. The van der Waals surface area contributed by atoms with Crippen LogP contribution in [0.25, 0.3) is 0 Å². The molecule has 3 heteroatoms. The molecule has 1 aromatic rings. The molecule has 2 nitrogen and oxygen atoms in total. The zero-order valence-corrected chi connectivity index (χ0v) is 12.6. The molecular weight excluding hydrogens is 290 g/mol. The summed E-state index contributed by atoms with van der Waals surface area (Å²) in [5.74, 6) is 0. The highest BCUT2D eigenvalue weighted by Crippen LogP contribution is 2.18. The minimum Gasteiger partial charge on any atom is -0.378 e. The minimum atomic E-state index is 0.479. The summed E-state index contributed by atoms with van der Waals surface area (Å²) in [6.45, 7) is 5.02. The summed E-state index contributed by atoms with van der Waals surface area (Å²) in [7, 11) is 0. The van der Waals surface area contributed by atoms with E-state index < -0.39 is 0 Å². The summed E-state index contributed by atoms with van der Waals surface area (Å²) in [6, 6.07) is 6.51. The third-order valence-electron chi connectivity index (χ3n) is 3.44. The van der Waals surface area contributed by atoms with Gasteiger partial charge in [0.2, 0.25) is 0 Å². The molecule has 1 saturated heterocycles. The highest BCUT2D eigenvalue weighted by molar-refractivity contribution is 9.10. The average Bonchev–Trinajstić information content (AvgIpc) is 2.38. The summed E-state index contributed by atoms with van der Waals surface area (Å²) in [5, 5.41) is 3.50. The van der Waals surface area contributed by atoms with Crippen molar-refractivity contribution < 1.29 is 4.74 Å². The van der Waals surface area contributed by atoms with Crippen molar-refractivity contribution in [2.75, 3.05) is 13.2 Å². The molecule has 1 fully saturated rings. The smallest absolute Gasteiger partial charge is 0.0587 e. The highest BCUT2D eigenvalue weighted by Gasteiger charge is 2.12. The first-order valence-electron chi connectivity index (χ1n) is 6.83. The Kier molecular flexibility index (Phi) is 5.67. The maximum Gasteiger partial charge on any atom is 0.0587 e. The maximum atomic E-state index is 5.72. The molecule has 2 rings (SSSR count). The predicted octanol–water partition coefficient (Wildman–Crippen LogP) is 3.81. The van der Waals surface area contributed by atoms with E-state index in [2.05, 4.69) is 46.4 Å². The Labute approximate surface area is 118 Å². The largest absolute Gasteiger partial charge is 0.378 e. The molecule has 0 spiro atoms. The van der Waals surface area contributed by atoms with Crippen LogP contribution in [0.5, 0.6) is 0 Å². The van der Waals surface area contributed by atoms with Crippen molar-refractivity contribution in [3.63, 3.8) is 0 Å². The lowest BCUT2D eigenvalue weighted by Gasteiger charge is -2.22. The molecule has 1 unspecified atom stereocenters. The molecule has 0 aliphatic carbocycles. The highest BCUT2D eigenvalue weighted by atomic mass is 79.9. The second-order valence-electron chi connectivity index (χ2n) is 5.05. The number of hydrogen-bond donors (Lipinski definition) is 1. The predicted molar refractivity (Wildman–Crippen MR) is 78.8 cm³/mol. The first kappa shape index (κ1) is 14.0. The van der Waals surface area contributed by atoms with Gasteiger partial charge in [0.05, 0.1) is 6.10 Å². The van der Waals surface area contributed by atoms with Crippen molar-refractivity contribution in [1.82, 2.24) is 5.32 Å². The van der Waals surface area contributed by atoms with E-state index in [1.165, 1.54) is 34.9 Å². The van der Waals surface area contributed by atoms with Crippen LogP contribution in [-0.2, 0) is 11.3 Å². The van der Waals surface area contributed by atoms with E-state index in [9.17, 15) is 0 Å². The van der Waals surface area contributed by atoms with Gasteiger partial charge in [0.15, 0.2) is 0 Å². The van der Waals surface area contributed by atoms with E-state index in [4.69, 9.17) is 4.74 Å². The van der Waals surface area contributed by atoms with Crippen LogP contribution in [0.15, 0.2) is 22.7 Å². The Balaban J connectivity index is 1.68. The SMILES string of the molecule is Cc1ccc(CNCCC2CCCCO2)c(Br)c1. The third kappa shape index (κ3) is 4.38. The van der Waals surface area contributed by atoms with Crippen molar-refractivity contribution in [3.8, 4) is 0 Å². The van der Waals surface area contributed by atoms with Gasteiger partial charge in [-0.3, -0.25) is 0 Å². The quantitative estimate of drug-likeness (QED) is 0.835. The number of ether oxygens (including phenoxy) is 1. The molecule has 1 aliphatic rings. The number of hydrogen-bond acceptors (Lipinski definition) is 2. The van der Waals surface area contributed by atoms with Gasteiger partial charge in [-0.2, -0.15) is 0 Å². The number of halogens is 1. The Hall–Kier alpha value is -0.380. The Morgan fingerprint density at radius 1 is 1.39 bits per heavy atom. The van der Waals surface area contributed by atoms with Gasteiger partial charge in [0.1, 0.15) is 0 Å². The molecule has 1 N–H and O–H groups in total. The fourth-order valence-corrected chi connectivity index (χ4v) is 2.95. The van der Waals surface area contributed by atoms with Crippen LogP contribution in [0, 0.1) is 6.92 Å². The fraction of sp³-hybridized carbons (Fsp3) is 0.600. The average molecular weight is 312 g/mol. The zero-order valence-electron chi connectivity index (χ0n) is 11.0. The first-order valence-corrected chi connectivity index (χ1v) is 7.62. The van der Waals surface area contributed by atoms with Gasteiger partial charge in [-0.15, -0.1) is 0 Å². The van der Waals surface area contributed by atoms with Gasteiger partial charge in [-0.05, 0) is 56.3 Å². The standard InChI is InChI=1S/C15H22BrNO/c1-12-5-6-13(15(16)10-12)11-17-8-7-14-4-2-3-9-18-14/h5-6,10,14,17H,2-4,7-9,11H2,1H3. The van der Waals surface area contributed by atoms with Gasteiger partial charge >= 0.3 is 0 Å². The normalized spacial score (nSPS) is 20.0. The van der Waals surface area contributed by atoms with Crippen LogP contribution >= 0.6 is 15.9 Å². The lowest BCUT2D eigenvalue weighted by atomic mass is 10.1. The van der Waals surface area contributed by atoms with Crippen LogP contribution in [-0.4, -0.2) is 19.3 Å². The van der Waals surface area contributed by atoms with Crippen molar-refractivity contribution in [1.29, 1.82) is 0 Å². The Bertz CT molecular complexity index is 375. The van der Waals surface area contributed by atoms with Crippen molar-refractivity contribution in [3.05, 3.63) is 33.8 Å². The van der Waals surface area contributed by atoms with Crippen LogP contribution in [0.1, 0.15) is 36.8 Å². The van der Waals surface area contributed by atoms with Crippen LogP contribution in [0.3, 0.4) is 0 Å². The lowest BCUT2D eigenvalue weighted by molar-refractivity contribution is 0.0115. The molecule has 18 heavy (non-hydrogen) atoms. The van der Waals surface area contributed by atoms with E-state index >= 15 is 0 Å². The molecule has 0 saturated carbocycles. The van der Waals surface area contributed by atoms with Crippen molar-refractivity contribution in [2.45, 2.75) is 45.3 Å². The topological polar surface area (TPSA) is 21.3 Å². The molecule has 1 atom stereocenters. The van der Waals surface area contributed by atoms with Gasteiger partial charge in [-0.1, -0.05) is 28.1 Å². The first-order chi connectivity index (χ1) is 8.75. The summed E-state index contributed by atoms with van der Waals surface area (Å²) in [6.07, 6.45) is 5.40. The number of benzene rings is 1. The van der Waals surface area contributed by atoms with Crippen LogP contribution in [0.2, 0.25) is 0 Å². The molecule has 0 bridgehead atoms. The molecule has 1 aliphatic heterocycles. The molecule has 1 aromatic carbocycles. The Morgan fingerprint density at radius 2 is 2.28 bits per heavy atom. The summed E-state index contributed by atoms with van der Waals surface area (Å²) < 4.78 is 6.92. The van der Waals surface area contributed by atoms with Crippen LogP contribution < -0.4 is 5.32 Å². The van der Waals surface area contributed by atoms with Crippen LogP contribution in [0.4, 0.5) is 0 Å². The summed E-state index contributed by atoms with van der Waals surface area (Å²) in [4.78, 5) is 0. The monoisotopic (exact) mass is 311 g/mol. The van der Waals surface area contributed by atoms with Crippen molar-refractivity contribution >= 4 is 15.9 Å². The third-order valence-corrected chi connectivity index (χ3v) is 4.18. The number of nitrogens with one attached hydrogen (secondary N) is 1. The van der Waals surface area contributed by atoms with E-state index in [1.54, 1.807) is 0 Å². The van der Waals surface area contributed by atoms with Gasteiger partial charge in [-0.25, -0.2) is 0 Å². The molecule has 100 valence electrons. The van der Waals surface area contributed by atoms with E-state index in [0.29, 0.717) is 6.10 Å². The number of rotatable bonds is 5. The second kappa shape index (κ2) is 7.27. The minimum absolute atomic E-state index is 0.479. The van der Waals surface area contributed by atoms with E-state index in [0.717, 1.165) is 26.1 Å². The van der Waals surface area contributed by atoms with Gasteiger partial charge < -0.3 is 10.1 Å². The molecule has 1 heterocycles. The van der Waals surface area contributed by atoms with Crippen molar-refractivity contribution in [2.24, 2.45) is 0 Å². The summed E-state index contributed by atoms with van der Waals surface area (Å²) in [5.41, 5.74) is 2.62. The molecule has 0 amide bonds. The van der Waals surface area contributed by atoms with E-state index in [-0.39, 0.29) is 0 Å². The maximum absolute atomic E-state index is 5.72. The molecule has 0 radical (unpaired) electrons. The zero-order chi connectivity index (χ0) is 12.8. The van der Waals surface area contributed by atoms with Gasteiger partial charge in [0, 0.05) is 17.6 Å². The lowest BCUT2D eigenvalue weighted by Crippen LogP contribution is -2.25. The summed E-state index contributed by atoms with van der Waals surface area (Å²) >= 11 is 3.61. The molecule has 0 aromatic heterocycles. The van der Waals surface area contributed by atoms with Gasteiger partial charge in [0.25, 0.3) is 0 Å². The molecular formula is C15H22BrNO. The number of aryl methyl sites for hydroxylation is 1. The fourth-order valence-electron chi connectivity index (χ4n) is 2.32. The second-order valence-corrected chi connectivity index (χ2v) is 5.90. The van der Waals surface area contributed by atoms with E-state index in [1.807, 2.05) is 0 Å².